The van der Waals surface area contributed by atoms with E-state index in [0.29, 0.717) is 55.1 Å². The number of piperazine rings is 1. The van der Waals surface area contributed by atoms with Gasteiger partial charge < -0.3 is 15.1 Å². The van der Waals surface area contributed by atoms with Gasteiger partial charge in [0.2, 0.25) is 5.91 Å². The van der Waals surface area contributed by atoms with E-state index >= 15 is 0 Å². The van der Waals surface area contributed by atoms with Gasteiger partial charge in [0.05, 0.1) is 29.6 Å². The van der Waals surface area contributed by atoms with E-state index in [1.165, 1.54) is 12.1 Å². The van der Waals surface area contributed by atoms with Crippen LogP contribution in [0.1, 0.15) is 59.1 Å². The molecule has 6 rings (SSSR count). The van der Waals surface area contributed by atoms with Crippen molar-refractivity contribution in [1.29, 1.82) is 5.26 Å². The summed E-state index contributed by atoms with van der Waals surface area (Å²) in [5.74, 6) is -1.36. The number of amides is 2. The molecule has 0 saturated carbocycles. The van der Waals surface area contributed by atoms with Crippen LogP contribution >= 0.6 is 0 Å². The van der Waals surface area contributed by atoms with Crippen molar-refractivity contribution >= 4 is 17.5 Å². The average molecular weight is 585 g/mol. The van der Waals surface area contributed by atoms with Gasteiger partial charge in [-0.3, -0.25) is 19.5 Å². The highest BCUT2D eigenvalue weighted by Crippen LogP contribution is 2.40. The molecule has 43 heavy (non-hydrogen) atoms. The molecule has 3 aliphatic heterocycles. The number of halogens is 2. The molecule has 3 aliphatic rings. The summed E-state index contributed by atoms with van der Waals surface area (Å²) in [4.78, 5) is 37.5. The van der Waals surface area contributed by atoms with E-state index in [-0.39, 0.29) is 42.3 Å². The highest BCUT2D eigenvalue weighted by atomic mass is 19.1. The van der Waals surface area contributed by atoms with Crippen molar-refractivity contribution in [3.63, 3.8) is 0 Å². The van der Waals surface area contributed by atoms with Crippen molar-refractivity contribution in [1.82, 2.24) is 20.1 Å². The van der Waals surface area contributed by atoms with E-state index in [1.807, 2.05) is 6.07 Å². The number of carbonyl (C=O) groups is 2. The first-order chi connectivity index (χ1) is 20.5. The Kier molecular flexibility index (Phi) is 7.48. The molecule has 10 heteroatoms. The third-order valence-corrected chi connectivity index (χ3v) is 8.73. The fraction of sp³-hybridized carbons (Fsp3) is 0.394. The number of anilines is 1. The van der Waals surface area contributed by atoms with Crippen LogP contribution in [0.3, 0.4) is 0 Å². The van der Waals surface area contributed by atoms with Crippen LogP contribution < -0.4 is 10.2 Å². The monoisotopic (exact) mass is 584 g/mol. The highest BCUT2D eigenvalue weighted by molar-refractivity contribution is 5.99. The zero-order valence-electron chi connectivity index (χ0n) is 24.5. The molecule has 2 aromatic carbocycles. The van der Waals surface area contributed by atoms with Crippen molar-refractivity contribution in [2.75, 3.05) is 37.6 Å². The minimum atomic E-state index is -0.626. The Balaban J connectivity index is 1.20. The van der Waals surface area contributed by atoms with Gasteiger partial charge in [-0.05, 0) is 53.9 Å². The number of hydrogen-bond donors (Lipinski definition) is 1. The number of carbonyl (C=O) groups excluding carboxylic acids is 2. The summed E-state index contributed by atoms with van der Waals surface area (Å²) in [5, 5.41) is 12.7. The predicted octanol–water partition coefficient (Wildman–Crippen LogP) is 3.76. The van der Waals surface area contributed by atoms with Crippen molar-refractivity contribution in [2.24, 2.45) is 0 Å². The number of nitrogens with one attached hydrogen (secondary N) is 1. The number of nitriles is 1. The van der Waals surface area contributed by atoms with Crippen molar-refractivity contribution in [2.45, 2.75) is 51.2 Å². The molecular weight excluding hydrogens is 550 g/mol. The standard InChI is InChI=1S/C33H34F2N6O2/c1-20-15-39(26(14-37-20)17-40-16-24-8-21(12-36)4-7-27(24)32(40)43)18-30(42)41-19-33(2,3)31-29(41)10-22(13-38-31)9-23-5-6-25(34)11-28(23)35/h4-8,10-11,13,20,26,37H,9,14-19H2,1-3H3/t20-,26-/m1/s1. The first-order valence-electron chi connectivity index (χ1n) is 14.6. The Morgan fingerprint density at radius 3 is 2.77 bits per heavy atom. The maximum atomic E-state index is 14.4. The molecule has 0 unspecified atom stereocenters. The van der Waals surface area contributed by atoms with E-state index < -0.39 is 11.6 Å². The Hall–Kier alpha value is -4.20. The lowest BCUT2D eigenvalue weighted by atomic mass is 9.91. The van der Waals surface area contributed by atoms with Crippen LogP contribution in [0.4, 0.5) is 14.5 Å². The van der Waals surface area contributed by atoms with E-state index in [0.717, 1.165) is 22.9 Å². The van der Waals surface area contributed by atoms with Crippen molar-refractivity contribution in [3.8, 4) is 6.07 Å². The molecule has 1 N–H and O–H groups in total. The molecule has 1 fully saturated rings. The highest BCUT2D eigenvalue weighted by Gasteiger charge is 2.41. The Morgan fingerprint density at radius 2 is 2.00 bits per heavy atom. The number of aromatic nitrogens is 1. The van der Waals surface area contributed by atoms with E-state index in [1.54, 1.807) is 34.2 Å². The van der Waals surface area contributed by atoms with E-state index in [9.17, 15) is 23.6 Å². The fourth-order valence-corrected chi connectivity index (χ4v) is 6.50. The lowest BCUT2D eigenvalue weighted by molar-refractivity contribution is -0.120. The molecule has 0 radical (unpaired) electrons. The molecule has 8 nitrogen and oxygen atoms in total. The second kappa shape index (κ2) is 11.1. The van der Waals surface area contributed by atoms with Gasteiger partial charge in [-0.25, -0.2) is 8.78 Å². The van der Waals surface area contributed by atoms with Gasteiger partial charge in [0.15, 0.2) is 0 Å². The molecule has 0 spiro atoms. The SMILES string of the molecule is C[C@@H]1CN(CC(=O)N2CC(C)(C)c3ncc(Cc4ccc(F)cc4F)cc32)[C@@H](CN2Cc3cc(C#N)ccc3C2=O)CN1. The summed E-state index contributed by atoms with van der Waals surface area (Å²) in [6.07, 6.45) is 1.93. The number of hydrogen-bond acceptors (Lipinski definition) is 6. The Bertz CT molecular complexity index is 1650. The van der Waals surface area contributed by atoms with Gasteiger partial charge in [0.25, 0.3) is 5.91 Å². The second-order valence-corrected chi connectivity index (χ2v) is 12.5. The van der Waals surface area contributed by atoms with Gasteiger partial charge >= 0.3 is 0 Å². The minimum absolute atomic E-state index is 0.0594. The topological polar surface area (TPSA) is 92.6 Å². The maximum absolute atomic E-state index is 14.4. The molecule has 2 atom stereocenters. The van der Waals surface area contributed by atoms with Gasteiger partial charge in [-0.15, -0.1) is 0 Å². The van der Waals surface area contributed by atoms with Crippen LogP contribution in [-0.4, -0.2) is 71.4 Å². The van der Waals surface area contributed by atoms with Crippen LogP contribution in [0.15, 0.2) is 48.7 Å². The van der Waals surface area contributed by atoms with Crippen molar-refractivity contribution in [3.05, 3.63) is 93.8 Å². The lowest BCUT2D eigenvalue weighted by Crippen LogP contribution is -2.60. The Morgan fingerprint density at radius 1 is 1.19 bits per heavy atom. The van der Waals surface area contributed by atoms with Gasteiger partial charge in [0, 0.05) is 74.5 Å². The quantitative estimate of drug-likeness (QED) is 0.475. The smallest absolute Gasteiger partial charge is 0.254 e. The predicted molar refractivity (Wildman–Crippen MR) is 158 cm³/mol. The minimum Gasteiger partial charge on any atom is -0.333 e. The maximum Gasteiger partial charge on any atom is 0.254 e. The summed E-state index contributed by atoms with van der Waals surface area (Å²) in [7, 11) is 0. The second-order valence-electron chi connectivity index (χ2n) is 12.5. The number of benzene rings is 2. The Labute approximate surface area is 249 Å². The average Bonchev–Trinajstić information content (AvgIpc) is 3.43. The first kappa shape index (κ1) is 28.9. The van der Waals surface area contributed by atoms with Gasteiger partial charge in [0.1, 0.15) is 11.6 Å². The number of fused-ring (bicyclic) bond motifs is 2. The largest absolute Gasteiger partial charge is 0.333 e. The summed E-state index contributed by atoms with van der Waals surface area (Å²) < 4.78 is 27.8. The first-order valence-corrected chi connectivity index (χ1v) is 14.6. The van der Waals surface area contributed by atoms with E-state index in [4.69, 9.17) is 4.98 Å². The van der Waals surface area contributed by atoms with Crippen LogP contribution in [0.25, 0.3) is 0 Å². The summed E-state index contributed by atoms with van der Waals surface area (Å²) in [5.41, 5.74) is 4.26. The molecule has 3 aromatic rings. The zero-order chi connectivity index (χ0) is 30.5. The summed E-state index contributed by atoms with van der Waals surface area (Å²) >= 11 is 0. The van der Waals surface area contributed by atoms with E-state index in [2.05, 4.69) is 37.1 Å². The summed E-state index contributed by atoms with van der Waals surface area (Å²) in [6, 6.07) is 12.8. The molecule has 4 heterocycles. The third-order valence-electron chi connectivity index (χ3n) is 8.73. The number of rotatable bonds is 6. The number of pyridine rings is 1. The van der Waals surface area contributed by atoms with Gasteiger partial charge in [-0.2, -0.15) is 5.26 Å². The number of nitrogens with zero attached hydrogens (tertiary/aromatic N) is 5. The molecule has 0 bridgehead atoms. The molecular formula is C33H34F2N6O2. The fourth-order valence-electron chi connectivity index (χ4n) is 6.50. The van der Waals surface area contributed by atoms with Gasteiger partial charge in [-0.1, -0.05) is 19.9 Å². The summed E-state index contributed by atoms with van der Waals surface area (Å²) in [6.45, 7) is 9.00. The molecule has 0 aliphatic carbocycles. The van der Waals surface area contributed by atoms with Crippen molar-refractivity contribution < 1.29 is 18.4 Å². The lowest BCUT2D eigenvalue weighted by Gasteiger charge is -2.41. The van der Waals surface area contributed by atoms with Crippen LogP contribution in [-0.2, 0) is 23.2 Å². The zero-order valence-corrected chi connectivity index (χ0v) is 24.5. The van der Waals surface area contributed by atoms with Crippen LogP contribution in [0, 0.1) is 23.0 Å². The molecule has 1 saturated heterocycles. The third kappa shape index (κ3) is 5.63. The molecule has 2 amide bonds. The molecule has 222 valence electrons. The molecule has 1 aromatic heterocycles. The normalized spacial score (nSPS) is 21.1. The van der Waals surface area contributed by atoms with Crippen LogP contribution in [0.2, 0.25) is 0 Å². The van der Waals surface area contributed by atoms with Crippen LogP contribution in [0.5, 0.6) is 0 Å².